The first-order valence-electron chi connectivity index (χ1n) is 9.52. The van der Waals surface area contributed by atoms with Crippen molar-refractivity contribution in [2.75, 3.05) is 5.32 Å². The van der Waals surface area contributed by atoms with Crippen LogP contribution >= 0.6 is 11.6 Å². The molecule has 2 aromatic carbocycles. The number of amides is 1. The largest absolute Gasteiger partial charge is 0.324 e. The number of aromatic nitrogens is 3. The van der Waals surface area contributed by atoms with Gasteiger partial charge in [0.25, 0.3) is 0 Å². The van der Waals surface area contributed by atoms with Crippen molar-refractivity contribution in [2.45, 2.75) is 26.2 Å². The van der Waals surface area contributed by atoms with E-state index in [1.807, 2.05) is 73.1 Å². The summed E-state index contributed by atoms with van der Waals surface area (Å²) in [5.74, 6) is 0.310. The van der Waals surface area contributed by atoms with E-state index in [9.17, 15) is 4.79 Å². The van der Waals surface area contributed by atoms with Crippen LogP contribution in [-0.4, -0.2) is 20.3 Å². The van der Waals surface area contributed by atoms with Crippen LogP contribution in [0.15, 0.2) is 67.1 Å². The number of hydrogen-bond acceptors (Lipinski definition) is 3. The van der Waals surface area contributed by atoms with Gasteiger partial charge in [0.2, 0.25) is 11.7 Å². The van der Waals surface area contributed by atoms with Crippen LogP contribution in [0.2, 0.25) is 5.02 Å². The molecule has 2 heterocycles. The molecule has 0 aliphatic heterocycles. The van der Waals surface area contributed by atoms with Gasteiger partial charge in [-0.1, -0.05) is 54.9 Å². The zero-order valence-electron chi connectivity index (χ0n) is 16.3. The van der Waals surface area contributed by atoms with Crippen molar-refractivity contribution in [1.29, 1.82) is 0 Å². The van der Waals surface area contributed by atoms with Crippen molar-refractivity contribution in [2.24, 2.45) is 0 Å². The molecule has 29 heavy (non-hydrogen) atoms. The number of halogens is 1. The second-order valence-electron chi connectivity index (χ2n) is 7.02. The molecular weight excluding hydrogens is 384 g/mol. The molecule has 0 saturated heterocycles. The third-order valence-electron chi connectivity index (χ3n) is 4.89. The zero-order chi connectivity index (χ0) is 20.4. The van der Waals surface area contributed by atoms with Crippen LogP contribution in [0, 0.1) is 6.92 Å². The van der Waals surface area contributed by atoms with Gasteiger partial charge in [-0.15, -0.1) is 0 Å². The van der Waals surface area contributed by atoms with Crippen molar-refractivity contribution < 1.29 is 4.79 Å². The molecule has 1 atom stereocenters. The highest BCUT2D eigenvalue weighted by atomic mass is 35.5. The highest BCUT2D eigenvalue weighted by Gasteiger charge is 2.20. The number of imidazole rings is 1. The van der Waals surface area contributed by atoms with Gasteiger partial charge >= 0.3 is 0 Å². The van der Waals surface area contributed by atoms with Gasteiger partial charge in [0.1, 0.15) is 0 Å². The van der Waals surface area contributed by atoms with Gasteiger partial charge in [0.05, 0.1) is 22.3 Å². The first kappa shape index (κ1) is 19.2. The van der Waals surface area contributed by atoms with Gasteiger partial charge in [-0.3, -0.25) is 9.20 Å². The molecule has 146 valence electrons. The average molecular weight is 405 g/mol. The molecule has 2 aromatic heterocycles. The number of carbonyl (C=O) groups is 1. The first-order chi connectivity index (χ1) is 14.0. The van der Waals surface area contributed by atoms with Crippen molar-refractivity contribution in [3.05, 3.63) is 83.3 Å². The minimum Gasteiger partial charge on any atom is -0.324 e. The summed E-state index contributed by atoms with van der Waals surface area (Å²) in [7, 11) is 0. The van der Waals surface area contributed by atoms with Crippen LogP contribution in [0.25, 0.3) is 17.0 Å². The second kappa shape index (κ2) is 8.05. The van der Waals surface area contributed by atoms with E-state index in [4.69, 9.17) is 11.6 Å². The van der Waals surface area contributed by atoms with E-state index in [1.165, 1.54) is 0 Å². The molecule has 0 bridgehead atoms. The van der Waals surface area contributed by atoms with Crippen LogP contribution in [-0.2, 0) is 4.79 Å². The molecule has 0 fully saturated rings. The van der Waals surface area contributed by atoms with Crippen molar-refractivity contribution in [3.63, 3.8) is 0 Å². The monoisotopic (exact) mass is 404 g/mol. The third-order valence-corrected chi connectivity index (χ3v) is 5.22. The fourth-order valence-electron chi connectivity index (χ4n) is 3.38. The molecular formula is C23H21ClN4O. The third kappa shape index (κ3) is 4.00. The lowest BCUT2D eigenvalue weighted by Crippen LogP contribution is -2.20. The van der Waals surface area contributed by atoms with Crippen LogP contribution in [0.4, 0.5) is 5.69 Å². The Balaban J connectivity index is 1.63. The van der Waals surface area contributed by atoms with Gasteiger partial charge in [-0.25, -0.2) is 9.97 Å². The Morgan fingerprint density at radius 2 is 1.97 bits per heavy atom. The molecule has 0 radical (unpaired) electrons. The highest BCUT2D eigenvalue weighted by Crippen LogP contribution is 2.30. The summed E-state index contributed by atoms with van der Waals surface area (Å²) in [5.41, 5.74) is 4.24. The summed E-state index contributed by atoms with van der Waals surface area (Å²) in [6.07, 6.45) is 6.38. The molecule has 6 heteroatoms. The number of nitrogens with zero attached hydrogens (tertiary/aromatic N) is 3. The fraction of sp³-hybridized carbons (Fsp3) is 0.174. The lowest BCUT2D eigenvalue weighted by Gasteiger charge is -2.16. The van der Waals surface area contributed by atoms with Crippen molar-refractivity contribution in [3.8, 4) is 11.3 Å². The van der Waals surface area contributed by atoms with E-state index in [0.29, 0.717) is 22.9 Å². The Kier molecular flexibility index (Phi) is 5.32. The average Bonchev–Trinajstić information content (AvgIpc) is 3.14. The quantitative estimate of drug-likeness (QED) is 0.478. The van der Waals surface area contributed by atoms with E-state index < -0.39 is 0 Å². The Morgan fingerprint density at radius 1 is 1.17 bits per heavy atom. The van der Waals surface area contributed by atoms with Crippen LogP contribution in [0.1, 0.15) is 30.4 Å². The fourth-order valence-corrected chi connectivity index (χ4v) is 3.55. The van der Waals surface area contributed by atoms with Gasteiger partial charge in [0, 0.05) is 24.2 Å². The van der Waals surface area contributed by atoms with Gasteiger partial charge in [0.15, 0.2) is 0 Å². The van der Waals surface area contributed by atoms with E-state index in [-0.39, 0.29) is 11.8 Å². The summed E-state index contributed by atoms with van der Waals surface area (Å²) in [6.45, 7) is 3.99. The predicted octanol–water partition coefficient (Wildman–Crippen LogP) is 5.49. The Bertz CT molecular complexity index is 1170. The van der Waals surface area contributed by atoms with E-state index in [2.05, 4.69) is 15.3 Å². The molecule has 0 aliphatic rings. The first-order valence-corrected chi connectivity index (χ1v) is 9.90. The number of carbonyl (C=O) groups excluding carboxylic acids is 1. The maximum absolute atomic E-state index is 12.9. The number of anilines is 1. The smallest absolute Gasteiger partial charge is 0.234 e. The lowest BCUT2D eigenvalue weighted by atomic mass is 9.95. The van der Waals surface area contributed by atoms with E-state index in [1.54, 1.807) is 12.3 Å². The Hall–Kier alpha value is -3.18. The molecule has 0 aliphatic carbocycles. The normalized spacial score (nSPS) is 12.1. The number of hydrogen-bond donors (Lipinski definition) is 1. The minimum absolute atomic E-state index is 0.0787. The van der Waals surface area contributed by atoms with Gasteiger partial charge < -0.3 is 5.32 Å². The molecule has 5 nitrogen and oxygen atoms in total. The number of rotatable bonds is 5. The molecule has 4 aromatic rings. The van der Waals surface area contributed by atoms with Crippen LogP contribution < -0.4 is 5.32 Å². The highest BCUT2D eigenvalue weighted by molar-refractivity contribution is 6.33. The predicted molar refractivity (Wildman–Crippen MR) is 116 cm³/mol. The molecule has 0 spiro atoms. The second-order valence-corrected chi connectivity index (χ2v) is 7.43. The lowest BCUT2D eigenvalue weighted by molar-refractivity contribution is -0.117. The maximum atomic E-state index is 12.9. The zero-order valence-corrected chi connectivity index (χ0v) is 17.0. The minimum atomic E-state index is -0.238. The Labute approximate surface area is 174 Å². The maximum Gasteiger partial charge on any atom is 0.234 e. The SMILES string of the molecule is CCC(C(=O)Nc1cc(-c2cn3cc(C)cnc3n2)ccc1Cl)c1ccccc1. The summed E-state index contributed by atoms with van der Waals surface area (Å²) < 4.78 is 1.89. The summed E-state index contributed by atoms with van der Waals surface area (Å²) in [4.78, 5) is 21.8. The van der Waals surface area contributed by atoms with Crippen molar-refractivity contribution >= 4 is 29.0 Å². The van der Waals surface area contributed by atoms with Gasteiger partial charge in [-0.2, -0.15) is 0 Å². The summed E-state index contributed by atoms with van der Waals surface area (Å²) in [6, 6.07) is 15.3. The number of nitrogens with one attached hydrogen (secondary N) is 1. The van der Waals surface area contributed by atoms with Crippen molar-refractivity contribution in [1.82, 2.24) is 14.4 Å². The summed E-state index contributed by atoms with van der Waals surface area (Å²) >= 11 is 6.37. The van der Waals surface area contributed by atoms with Crippen LogP contribution in [0.5, 0.6) is 0 Å². The number of aryl methyl sites for hydroxylation is 1. The Morgan fingerprint density at radius 3 is 2.72 bits per heavy atom. The topological polar surface area (TPSA) is 59.3 Å². The molecule has 4 rings (SSSR count). The summed E-state index contributed by atoms with van der Waals surface area (Å²) in [5, 5.41) is 3.48. The van der Waals surface area contributed by atoms with E-state index >= 15 is 0 Å². The number of fused-ring (bicyclic) bond motifs is 1. The molecule has 1 unspecified atom stereocenters. The molecule has 1 amide bonds. The number of benzene rings is 2. The molecule has 1 N–H and O–H groups in total. The van der Waals surface area contributed by atoms with Crippen LogP contribution in [0.3, 0.4) is 0 Å². The standard InChI is InChI=1S/C23H21ClN4O/c1-3-18(16-7-5-4-6-8-16)22(29)26-20-11-17(9-10-19(20)24)21-14-28-13-15(2)12-25-23(28)27-21/h4-14,18H,3H2,1-2H3,(H,26,29). The van der Waals surface area contributed by atoms with Gasteiger partial charge in [-0.05, 0) is 36.6 Å². The van der Waals surface area contributed by atoms with E-state index in [0.717, 1.165) is 22.4 Å². The molecule has 0 saturated carbocycles.